The van der Waals surface area contributed by atoms with E-state index in [2.05, 4.69) is 17.0 Å². The summed E-state index contributed by atoms with van der Waals surface area (Å²) in [7, 11) is -3.50. The first kappa shape index (κ1) is 15.6. The van der Waals surface area contributed by atoms with Gasteiger partial charge in [-0.15, -0.1) is 11.3 Å². The third-order valence-electron chi connectivity index (χ3n) is 2.31. The van der Waals surface area contributed by atoms with Crippen molar-refractivity contribution < 1.29 is 12.8 Å². The number of halogens is 1. The zero-order valence-corrected chi connectivity index (χ0v) is 12.0. The van der Waals surface area contributed by atoms with Gasteiger partial charge in [0.25, 0.3) is 0 Å². The number of alkyl halides is 1. The molecule has 0 aliphatic heterocycles. The Morgan fingerprint density at radius 2 is 2.17 bits per heavy atom. The van der Waals surface area contributed by atoms with Gasteiger partial charge >= 0.3 is 0 Å². The van der Waals surface area contributed by atoms with Crippen molar-refractivity contribution in [1.29, 1.82) is 0 Å². The van der Waals surface area contributed by atoms with Crippen LogP contribution in [0.5, 0.6) is 0 Å². The average molecular weight is 294 g/mol. The van der Waals surface area contributed by atoms with Gasteiger partial charge in [0, 0.05) is 18.0 Å². The van der Waals surface area contributed by atoms with Gasteiger partial charge in [-0.25, -0.2) is 13.1 Å². The van der Waals surface area contributed by atoms with Gasteiger partial charge in [0.2, 0.25) is 10.0 Å². The molecule has 0 aromatic carbocycles. The molecule has 104 valence electrons. The highest BCUT2D eigenvalue weighted by Gasteiger charge is 2.18. The molecule has 0 radical (unpaired) electrons. The second kappa shape index (κ2) is 7.83. The van der Waals surface area contributed by atoms with Crippen LogP contribution >= 0.6 is 11.3 Å². The predicted molar refractivity (Wildman–Crippen MR) is 72.1 cm³/mol. The number of hydrogen-bond donors (Lipinski definition) is 2. The third-order valence-corrected chi connectivity index (χ3v) is 4.90. The van der Waals surface area contributed by atoms with Gasteiger partial charge in [-0.3, -0.25) is 4.39 Å². The van der Waals surface area contributed by atoms with Crippen LogP contribution in [-0.4, -0.2) is 28.2 Å². The second-order valence-corrected chi connectivity index (χ2v) is 6.56. The Balaban J connectivity index is 2.67. The Kier molecular flexibility index (Phi) is 6.77. The standard InChI is InChI=1S/C11H19FN2O2S2/c1-2-6-13-9-10-11(4-8-17-10)18(15,16)14-7-3-5-12/h4,8,13-14H,2-3,5-7,9H2,1H3. The van der Waals surface area contributed by atoms with E-state index < -0.39 is 16.7 Å². The lowest BCUT2D eigenvalue weighted by Crippen LogP contribution is -2.26. The fourth-order valence-corrected chi connectivity index (χ4v) is 3.91. The fourth-order valence-electron chi connectivity index (χ4n) is 1.43. The summed E-state index contributed by atoms with van der Waals surface area (Å²) in [4.78, 5) is 1.09. The number of thiophene rings is 1. The number of rotatable bonds is 9. The first-order chi connectivity index (χ1) is 8.61. The van der Waals surface area contributed by atoms with Gasteiger partial charge in [0.1, 0.15) is 0 Å². The zero-order chi connectivity index (χ0) is 13.4. The molecule has 0 unspecified atom stereocenters. The smallest absolute Gasteiger partial charge is 0.241 e. The molecule has 0 atom stereocenters. The van der Waals surface area contributed by atoms with E-state index in [1.54, 1.807) is 11.4 Å². The maximum atomic E-state index is 12.0. The summed E-state index contributed by atoms with van der Waals surface area (Å²) in [5.41, 5.74) is 0. The molecule has 0 saturated heterocycles. The van der Waals surface area contributed by atoms with E-state index >= 15 is 0 Å². The van der Waals surface area contributed by atoms with Crippen molar-refractivity contribution in [3.63, 3.8) is 0 Å². The van der Waals surface area contributed by atoms with Crippen molar-refractivity contribution in [3.05, 3.63) is 16.3 Å². The molecule has 0 aliphatic rings. The van der Waals surface area contributed by atoms with E-state index in [-0.39, 0.29) is 13.0 Å². The molecular formula is C11H19FN2O2S2. The molecule has 0 amide bonds. The lowest BCUT2D eigenvalue weighted by molar-refractivity contribution is 0.470. The summed E-state index contributed by atoms with van der Waals surface area (Å²) in [6.45, 7) is 3.07. The zero-order valence-electron chi connectivity index (χ0n) is 10.4. The summed E-state index contributed by atoms with van der Waals surface area (Å²) in [6.07, 6.45) is 1.20. The van der Waals surface area contributed by atoms with Crippen LogP contribution < -0.4 is 10.0 Å². The summed E-state index contributed by atoms with van der Waals surface area (Å²) < 4.78 is 38.3. The average Bonchev–Trinajstić information content (AvgIpc) is 2.79. The highest BCUT2D eigenvalue weighted by atomic mass is 32.2. The van der Waals surface area contributed by atoms with E-state index in [0.717, 1.165) is 17.8 Å². The fraction of sp³-hybridized carbons (Fsp3) is 0.636. The van der Waals surface area contributed by atoms with E-state index in [1.807, 2.05) is 0 Å². The molecule has 1 heterocycles. The van der Waals surface area contributed by atoms with E-state index in [4.69, 9.17) is 0 Å². The van der Waals surface area contributed by atoms with Crippen LogP contribution in [0.25, 0.3) is 0 Å². The number of hydrogen-bond acceptors (Lipinski definition) is 4. The molecular weight excluding hydrogens is 275 g/mol. The van der Waals surface area contributed by atoms with E-state index in [9.17, 15) is 12.8 Å². The Bertz CT molecular complexity index is 446. The summed E-state index contributed by atoms with van der Waals surface area (Å²) in [5.74, 6) is 0. The Hall–Kier alpha value is -0.500. The van der Waals surface area contributed by atoms with Crippen molar-refractivity contribution in [3.8, 4) is 0 Å². The minimum atomic E-state index is -3.50. The number of nitrogens with one attached hydrogen (secondary N) is 2. The van der Waals surface area contributed by atoms with Crippen LogP contribution in [0.15, 0.2) is 16.3 Å². The summed E-state index contributed by atoms with van der Waals surface area (Å²) >= 11 is 1.41. The Morgan fingerprint density at radius 3 is 2.83 bits per heavy atom. The molecule has 7 heteroatoms. The minimum Gasteiger partial charge on any atom is -0.312 e. The summed E-state index contributed by atoms with van der Waals surface area (Å²) in [6, 6.07) is 1.59. The molecule has 2 N–H and O–H groups in total. The predicted octanol–water partition coefficient (Wildman–Crippen LogP) is 1.89. The molecule has 0 bridgehead atoms. The van der Waals surface area contributed by atoms with Crippen LogP contribution in [-0.2, 0) is 16.6 Å². The molecule has 0 aliphatic carbocycles. The molecule has 1 aromatic heterocycles. The normalized spacial score (nSPS) is 11.9. The molecule has 0 spiro atoms. The molecule has 1 rings (SSSR count). The monoisotopic (exact) mass is 294 g/mol. The maximum absolute atomic E-state index is 12.0. The maximum Gasteiger partial charge on any atom is 0.241 e. The molecule has 0 saturated carbocycles. The van der Waals surface area contributed by atoms with Gasteiger partial charge in [0.05, 0.1) is 11.6 Å². The van der Waals surface area contributed by atoms with E-state index in [1.165, 1.54) is 11.3 Å². The molecule has 1 aromatic rings. The van der Waals surface area contributed by atoms with Crippen LogP contribution in [0.1, 0.15) is 24.6 Å². The topological polar surface area (TPSA) is 58.2 Å². The van der Waals surface area contributed by atoms with Crippen molar-refractivity contribution in [1.82, 2.24) is 10.0 Å². The van der Waals surface area contributed by atoms with Crippen LogP contribution in [0.4, 0.5) is 4.39 Å². The van der Waals surface area contributed by atoms with Gasteiger partial charge in [-0.1, -0.05) is 6.92 Å². The van der Waals surface area contributed by atoms with Gasteiger partial charge in [-0.05, 0) is 30.8 Å². The molecule has 18 heavy (non-hydrogen) atoms. The van der Waals surface area contributed by atoms with Gasteiger partial charge < -0.3 is 5.32 Å². The van der Waals surface area contributed by atoms with Crippen molar-refractivity contribution >= 4 is 21.4 Å². The van der Waals surface area contributed by atoms with Gasteiger partial charge in [-0.2, -0.15) is 0 Å². The van der Waals surface area contributed by atoms with Crippen molar-refractivity contribution in [2.24, 2.45) is 0 Å². The first-order valence-corrected chi connectivity index (χ1v) is 8.30. The quantitative estimate of drug-likeness (QED) is 0.684. The highest BCUT2D eigenvalue weighted by molar-refractivity contribution is 7.89. The minimum absolute atomic E-state index is 0.135. The lowest BCUT2D eigenvalue weighted by Gasteiger charge is -2.07. The first-order valence-electron chi connectivity index (χ1n) is 5.94. The van der Waals surface area contributed by atoms with Crippen LogP contribution in [0.2, 0.25) is 0 Å². The number of sulfonamides is 1. The van der Waals surface area contributed by atoms with Crippen LogP contribution in [0.3, 0.4) is 0 Å². The molecule has 4 nitrogen and oxygen atoms in total. The van der Waals surface area contributed by atoms with Crippen LogP contribution in [0, 0.1) is 0 Å². The Labute approximate surface area is 112 Å². The summed E-state index contributed by atoms with van der Waals surface area (Å²) in [5, 5.41) is 4.93. The largest absolute Gasteiger partial charge is 0.312 e. The lowest BCUT2D eigenvalue weighted by atomic mass is 10.4. The van der Waals surface area contributed by atoms with Crippen molar-refractivity contribution in [2.45, 2.75) is 31.2 Å². The second-order valence-electron chi connectivity index (χ2n) is 3.83. The van der Waals surface area contributed by atoms with Crippen molar-refractivity contribution in [2.75, 3.05) is 19.8 Å². The SMILES string of the molecule is CCCNCc1sccc1S(=O)(=O)NCCCF. The molecule has 0 fully saturated rings. The van der Waals surface area contributed by atoms with E-state index in [0.29, 0.717) is 11.4 Å². The Morgan fingerprint density at radius 1 is 1.39 bits per heavy atom. The van der Waals surface area contributed by atoms with Gasteiger partial charge in [0.15, 0.2) is 0 Å². The third kappa shape index (κ3) is 4.64. The highest BCUT2D eigenvalue weighted by Crippen LogP contribution is 2.21.